The Kier molecular flexibility index (Phi) is 6.94. The smallest absolute Gasteiger partial charge is 0.294 e. The fourth-order valence-corrected chi connectivity index (χ4v) is 2.24. The molecule has 2 rings (SSSR count). The SMILES string of the molecule is C=C=C(CN)c1ccc(C)cc1.Cc1ccc(S(=O)(=O)O)cc1. The lowest BCUT2D eigenvalue weighted by Gasteiger charge is -2.01. The molecule has 0 heterocycles. The quantitative estimate of drug-likeness (QED) is 0.667. The van der Waals surface area contributed by atoms with Crippen LogP contribution in [-0.4, -0.2) is 19.5 Å². The Morgan fingerprint density at radius 2 is 1.48 bits per heavy atom. The summed E-state index contributed by atoms with van der Waals surface area (Å²) in [5.41, 5.74) is 12.6. The third kappa shape index (κ3) is 6.22. The fraction of sp³-hybridized carbons (Fsp3) is 0.167. The average Bonchev–Trinajstić information content (AvgIpc) is 2.50. The van der Waals surface area contributed by atoms with E-state index in [0.717, 1.165) is 16.7 Å². The number of nitrogens with two attached hydrogens (primary N) is 1. The standard InChI is InChI=1S/C11H13N.C7H8O3S/c1-3-10(8-12)11-6-4-9(2)5-7-11;1-6-2-4-7(5-3-6)11(8,9)10/h4-7H,1,8,12H2,2H3;2-5H,1H3,(H,8,9,10). The van der Waals surface area contributed by atoms with Crippen molar-refractivity contribution in [2.75, 3.05) is 6.54 Å². The summed E-state index contributed by atoms with van der Waals surface area (Å²) in [6.07, 6.45) is 0. The molecule has 0 atom stereocenters. The average molecular weight is 331 g/mol. The molecule has 0 fully saturated rings. The molecule has 0 aromatic heterocycles. The van der Waals surface area contributed by atoms with Crippen molar-refractivity contribution in [2.45, 2.75) is 18.7 Å². The highest BCUT2D eigenvalue weighted by Crippen LogP contribution is 2.12. The van der Waals surface area contributed by atoms with Crippen molar-refractivity contribution < 1.29 is 13.0 Å². The van der Waals surface area contributed by atoms with E-state index in [0.29, 0.717) is 6.54 Å². The monoisotopic (exact) mass is 331 g/mol. The summed E-state index contributed by atoms with van der Waals surface area (Å²) >= 11 is 0. The molecule has 0 saturated heterocycles. The number of rotatable bonds is 3. The predicted octanol–water partition coefficient (Wildman–Crippen LogP) is 3.36. The third-order valence-corrected chi connectivity index (χ3v) is 4.00. The van der Waals surface area contributed by atoms with Gasteiger partial charge in [0, 0.05) is 12.1 Å². The van der Waals surface area contributed by atoms with E-state index >= 15 is 0 Å². The molecule has 23 heavy (non-hydrogen) atoms. The second-order valence-electron chi connectivity index (χ2n) is 5.01. The van der Waals surface area contributed by atoms with Gasteiger partial charge in [0.15, 0.2) is 0 Å². The zero-order valence-corrected chi connectivity index (χ0v) is 14.1. The van der Waals surface area contributed by atoms with Gasteiger partial charge in [-0.1, -0.05) is 54.1 Å². The lowest BCUT2D eigenvalue weighted by molar-refractivity contribution is 0.483. The van der Waals surface area contributed by atoms with E-state index in [9.17, 15) is 8.42 Å². The molecule has 0 aliphatic carbocycles. The molecule has 5 heteroatoms. The van der Waals surface area contributed by atoms with Crippen molar-refractivity contribution >= 4 is 15.7 Å². The summed E-state index contributed by atoms with van der Waals surface area (Å²) in [5, 5.41) is 0. The van der Waals surface area contributed by atoms with Crippen LogP contribution in [0.4, 0.5) is 0 Å². The first kappa shape index (κ1) is 18.9. The molecule has 2 aromatic rings. The number of benzene rings is 2. The highest BCUT2D eigenvalue weighted by molar-refractivity contribution is 7.85. The zero-order valence-electron chi connectivity index (χ0n) is 13.3. The molecular formula is C18H21NO3S. The molecule has 0 unspecified atom stereocenters. The van der Waals surface area contributed by atoms with Crippen LogP contribution in [0.25, 0.3) is 5.57 Å². The van der Waals surface area contributed by atoms with E-state index in [1.165, 1.54) is 17.7 Å². The normalized spacial score (nSPS) is 10.3. The number of hydrogen-bond acceptors (Lipinski definition) is 3. The highest BCUT2D eigenvalue weighted by Gasteiger charge is 2.06. The third-order valence-electron chi connectivity index (χ3n) is 3.14. The highest BCUT2D eigenvalue weighted by atomic mass is 32.2. The first-order valence-electron chi connectivity index (χ1n) is 6.98. The summed E-state index contributed by atoms with van der Waals surface area (Å²) in [6, 6.07) is 14.2. The molecule has 3 N–H and O–H groups in total. The van der Waals surface area contributed by atoms with Gasteiger partial charge in [-0.25, -0.2) is 0 Å². The van der Waals surface area contributed by atoms with E-state index in [4.69, 9.17) is 10.3 Å². The van der Waals surface area contributed by atoms with Crippen LogP contribution in [0.2, 0.25) is 0 Å². The van der Waals surface area contributed by atoms with Gasteiger partial charge in [-0.2, -0.15) is 8.42 Å². The van der Waals surface area contributed by atoms with Crippen LogP contribution in [-0.2, 0) is 10.1 Å². The van der Waals surface area contributed by atoms with Gasteiger partial charge in [0.2, 0.25) is 0 Å². The van der Waals surface area contributed by atoms with Gasteiger partial charge in [0.25, 0.3) is 10.1 Å². The second kappa shape index (κ2) is 8.46. The zero-order chi connectivity index (χ0) is 17.5. The maximum absolute atomic E-state index is 10.5. The van der Waals surface area contributed by atoms with Gasteiger partial charge in [-0.3, -0.25) is 4.55 Å². The van der Waals surface area contributed by atoms with Crippen molar-refractivity contribution in [3.63, 3.8) is 0 Å². The van der Waals surface area contributed by atoms with Crippen LogP contribution in [0.1, 0.15) is 16.7 Å². The van der Waals surface area contributed by atoms with Gasteiger partial charge in [0.1, 0.15) is 0 Å². The van der Waals surface area contributed by atoms with Gasteiger partial charge < -0.3 is 5.73 Å². The molecule has 122 valence electrons. The molecule has 0 amide bonds. The second-order valence-corrected chi connectivity index (χ2v) is 6.44. The summed E-state index contributed by atoms with van der Waals surface area (Å²) < 4.78 is 29.6. The molecule has 0 bridgehead atoms. The Morgan fingerprint density at radius 3 is 1.83 bits per heavy atom. The van der Waals surface area contributed by atoms with Crippen LogP contribution in [0.3, 0.4) is 0 Å². The molecule has 0 aliphatic rings. The van der Waals surface area contributed by atoms with E-state index < -0.39 is 10.1 Å². The summed E-state index contributed by atoms with van der Waals surface area (Å²) in [4.78, 5) is -0.0666. The van der Waals surface area contributed by atoms with Crippen molar-refractivity contribution in [3.05, 3.63) is 77.5 Å². The minimum Gasteiger partial charge on any atom is -0.326 e. The minimum absolute atomic E-state index is 0.0666. The maximum Gasteiger partial charge on any atom is 0.294 e. The number of aryl methyl sites for hydroxylation is 2. The van der Waals surface area contributed by atoms with Crippen molar-refractivity contribution in [1.29, 1.82) is 0 Å². The van der Waals surface area contributed by atoms with E-state index in [-0.39, 0.29) is 4.90 Å². The summed E-state index contributed by atoms with van der Waals surface area (Å²) in [7, 11) is -4.02. The van der Waals surface area contributed by atoms with Crippen LogP contribution in [0, 0.1) is 13.8 Å². The Hall–Kier alpha value is -2.17. The van der Waals surface area contributed by atoms with E-state index in [1.807, 2.05) is 19.1 Å². The largest absolute Gasteiger partial charge is 0.326 e. The van der Waals surface area contributed by atoms with Crippen LogP contribution in [0.15, 0.2) is 65.7 Å². The predicted molar refractivity (Wildman–Crippen MR) is 93.8 cm³/mol. The molecule has 0 aliphatic heterocycles. The lowest BCUT2D eigenvalue weighted by atomic mass is 10.1. The molecule has 0 radical (unpaired) electrons. The van der Waals surface area contributed by atoms with Crippen LogP contribution < -0.4 is 5.73 Å². The lowest BCUT2D eigenvalue weighted by Crippen LogP contribution is -2.00. The molecular weight excluding hydrogens is 310 g/mol. The van der Waals surface area contributed by atoms with Crippen LogP contribution in [0.5, 0.6) is 0 Å². The van der Waals surface area contributed by atoms with Crippen molar-refractivity contribution in [1.82, 2.24) is 0 Å². The van der Waals surface area contributed by atoms with Gasteiger partial charge in [-0.15, -0.1) is 5.73 Å². The van der Waals surface area contributed by atoms with Gasteiger partial charge >= 0.3 is 0 Å². The fourth-order valence-electron chi connectivity index (χ4n) is 1.76. The van der Waals surface area contributed by atoms with E-state index in [1.54, 1.807) is 12.1 Å². The van der Waals surface area contributed by atoms with Crippen LogP contribution >= 0.6 is 0 Å². The van der Waals surface area contributed by atoms with E-state index in [2.05, 4.69) is 31.4 Å². The summed E-state index contributed by atoms with van der Waals surface area (Å²) in [6.45, 7) is 7.98. The minimum atomic E-state index is -4.02. The Morgan fingerprint density at radius 1 is 1.04 bits per heavy atom. The van der Waals surface area contributed by atoms with Gasteiger partial charge in [0.05, 0.1) is 4.90 Å². The molecule has 2 aromatic carbocycles. The number of hydrogen-bond donors (Lipinski definition) is 2. The first-order valence-corrected chi connectivity index (χ1v) is 8.42. The Balaban J connectivity index is 0.000000231. The molecule has 0 spiro atoms. The Labute approximate surface area is 137 Å². The topological polar surface area (TPSA) is 80.4 Å². The Bertz CT molecular complexity index is 785. The maximum atomic E-state index is 10.5. The first-order chi connectivity index (χ1) is 10.8. The molecule has 0 saturated carbocycles. The van der Waals surface area contributed by atoms with Crippen molar-refractivity contribution in [2.24, 2.45) is 5.73 Å². The van der Waals surface area contributed by atoms with Gasteiger partial charge in [-0.05, 0) is 31.5 Å². The molecule has 4 nitrogen and oxygen atoms in total. The van der Waals surface area contributed by atoms with Crippen molar-refractivity contribution in [3.8, 4) is 0 Å². The summed E-state index contributed by atoms with van der Waals surface area (Å²) in [5.74, 6) is 0.